The lowest BCUT2D eigenvalue weighted by atomic mass is 9.94. The first-order valence-electron chi connectivity index (χ1n) is 5.29. The van der Waals surface area contributed by atoms with Crippen molar-refractivity contribution in [2.75, 3.05) is 32.8 Å². The Labute approximate surface area is 81.2 Å². The Morgan fingerprint density at radius 3 is 2.92 bits per heavy atom. The van der Waals surface area contributed by atoms with Crippen LogP contribution in [0.2, 0.25) is 0 Å². The molecule has 0 saturated carbocycles. The zero-order valence-electron chi connectivity index (χ0n) is 8.83. The van der Waals surface area contributed by atoms with Crippen LogP contribution in [0.4, 0.5) is 0 Å². The van der Waals surface area contributed by atoms with E-state index < -0.39 is 0 Å². The molecule has 1 aliphatic rings. The van der Waals surface area contributed by atoms with Crippen LogP contribution in [0.25, 0.3) is 0 Å². The predicted octanol–water partition coefficient (Wildman–Crippen LogP) is 0.692. The van der Waals surface area contributed by atoms with Gasteiger partial charge in [-0.05, 0) is 25.8 Å². The van der Waals surface area contributed by atoms with E-state index in [0.717, 1.165) is 26.3 Å². The summed E-state index contributed by atoms with van der Waals surface area (Å²) in [6.45, 7) is 9.19. The van der Waals surface area contributed by atoms with Gasteiger partial charge in [0.05, 0.1) is 6.61 Å². The molecule has 2 N–H and O–H groups in total. The van der Waals surface area contributed by atoms with Crippen molar-refractivity contribution in [1.82, 2.24) is 4.90 Å². The van der Waals surface area contributed by atoms with Gasteiger partial charge in [0.1, 0.15) is 0 Å². The average molecular weight is 186 g/mol. The normalized spacial score (nSPS) is 30.7. The molecule has 0 radical (unpaired) electrons. The number of likely N-dealkylation sites (tertiary alicyclic amines) is 1. The molecule has 0 aromatic carbocycles. The Morgan fingerprint density at radius 1 is 1.54 bits per heavy atom. The van der Waals surface area contributed by atoms with Gasteiger partial charge < -0.3 is 10.5 Å². The molecule has 13 heavy (non-hydrogen) atoms. The molecule has 0 spiro atoms. The number of nitrogens with two attached hydrogens (primary N) is 1. The second-order valence-corrected chi connectivity index (χ2v) is 3.93. The predicted molar refractivity (Wildman–Crippen MR) is 54.7 cm³/mol. The summed E-state index contributed by atoms with van der Waals surface area (Å²) in [7, 11) is 0. The number of nitrogens with zero attached hydrogens (tertiary/aromatic N) is 1. The minimum atomic E-state index is 0.357. The van der Waals surface area contributed by atoms with E-state index in [0.29, 0.717) is 12.0 Å². The summed E-state index contributed by atoms with van der Waals surface area (Å²) in [5.74, 6) is 0.684. The van der Waals surface area contributed by atoms with Gasteiger partial charge in [-0.25, -0.2) is 0 Å². The summed E-state index contributed by atoms with van der Waals surface area (Å²) in [4.78, 5) is 2.40. The minimum Gasteiger partial charge on any atom is -0.380 e. The standard InChI is InChI=1S/C10H22N2O/c1-3-13-7-6-12-5-4-9(2)10(11)8-12/h9-10H,3-8,11H2,1-2H3. The first-order chi connectivity index (χ1) is 6.24. The lowest BCUT2D eigenvalue weighted by molar-refractivity contribution is 0.0911. The van der Waals surface area contributed by atoms with Gasteiger partial charge in [0.2, 0.25) is 0 Å². The maximum absolute atomic E-state index is 5.99. The second kappa shape index (κ2) is 5.58. The van der Waals surface area contributed by atoms with Crippen LogP contribution in [0.15, 0.2) is 0 Å². The molecular formula is C10H22N2O. The summed E-state index contributed by atoms with van der Waals surface area (Å²) in [5, 5.41) is 0. The molecule has 0 amide bonds. The molecule has 1 heterocycles. The molecule has 3 heteroatoms. The van der Waals surface area contributed by atoms with Crippen LogP contribution in [-0.4, -0.2) is 43.8 Å². The molecular weight excluding hydrogens is 164 g/mol. The quantitative estimate of drug-likeness (QED) is 0.657. The molecule has 1 fully saturated rings. The summed E-state index contributed by atoms with van der Waals surface area (Å²) in [5.41, 5.74) is 5.99. The van der Waals surface area contributed by atoms with E-state index >= 15 is 0 Å². The highest BCUT2D eigenvalue weighted by molar-refractivity contribution is 4.80. The van der Waals surface area contributed by atoms with Crippen molar-refractivity contribution < 1.29 is 4.74 Å². The van der Waals surface area contributed by atoms with Gasteiger partial charge in [-0.3, -0.25) is 4.90 Å². The zero-order valence-corrected chi connectivity index (χ0v) is 8.83. The summed E-state index contributed by atoms with van der Waals surface area (Å²) < 4.78 is 5.32. The van der Waals surface area contributed by atoms with E-state index in [-0.39, 0.29) is 0 Å². The third-order valence-corrected chi connectivity index (χ3v) is 2.86. The average Bonchev–Trinajstić information content (AvgIpc) is 2.12. The number of ether oxygens (including phenoxy) is 1. The van der Waals surface area contributed by atoms with Crippen molar-refractivity contribution in [2.24, 2.45) is 11.7 Å². The Kier molecular flexibility index (Phi) is 4.70. The number of hydrogen-bond acceptors (Lipinski definition) is 3. The zero-order chi connectivity index (χ0) is 9.68. The largest absolute Gasteiger partial charge is 0.380 e. The van der Waals surface area contributed by atoms with Gasteiger partial charge in [-0.1, -0.05) is 6.92 Å². The van der Waals surface area contributed by atoms with E-state index in [9.17, 15) is 0 Å². The number of piperidine rings is 1. The third-order valence-electron chi connectivity index (χ3n) is 2.86. The summed E-state index contributed by atoms with van der Waals surface area (Å²) in [6.07, 6.45) is 1.23. The molecule has 3 nitrogen and oxygen atoms in total. The highest BCUT2D eigenvalue weighted by atomic mass is 16.5. The first-order valence-corrected chi connectivity index (χ1v) is 5.29. The van der Waals surface area contributed by atoms with Gasteiger partial charge in [-0.15, -0.1) is 0 Å². The molecule has 0 aliphatic carbocycles. The monoisotopic (exact) mass is 186 g/mol. The van der Waals surface area contributed by atoms with E-state index in [1.54, 1.807) is 0 Å². The topological polar surface area (TPSA) is 38.5 Å². The fourth-order valence-corrected chi connectivity index (χ4v) is 1.71. The SMILES string of the molecule is CCOCCN1CCC(C)C(N)C1. The van der Waals surface area contributed by atoms with Crippen LogP contribution < -0.4 is 5.73 Å². The molecule has 0 bridgehead atoms. The van der Waals surface area contributed by atoms with Crippen molar-refractivity contribution >= 4 is 0 Å². The minimum absolute atomic E-state index is 0.357. The summed E-state index contributed by atoms with van der Waals surface area (Å²) >= 11 is 0. The fourth-order valence-electron chi connectivity index (χ4n) is 1.71. The molecule has 2 unspecified atom stereocenters. The van der Waals surface area contributed by atoms with Crippen molar-refractivity contribution in [1.29, 1.82) is 0 Å². The molecule has 78 valence electrons. The van der Waals surface area contributed by atoms with Crippen LogP contribution in [0, 0.1) is 5.92 Å². The van der Waals surface area contributed by atoms with E-state index in [1.807, 2.05) is 6.92 Å². The van der Waals surface area contributed by atoms with Gasteiger partial charge in [0.25, 0.3) is 0 Å². The van der Waals surface area contributed by atoms with Gasteiger partial charge in [-0.2, -0.15) is 0 Å². The Morgan fingerprint density at radius 2 is 2.31 bits per heavy atom. The molecule has 1 aliphatic heterocycles. The Balaban J connectivity index is 2.14. The van der Waals surface area contributed by atoms with Crippen LogP contribution in [0.5, 0.6) is 0 Å². The van der Waals surface area contributed by atoms with Crippen molar-refractivity contribution in [3.8, 4) is 0 Å². The van der Waals surface area contributed by atoms with Crippen LogP contribution >= 0.6 is 0 Å². The van der Waals surface area contributed by atoms with Crippen LogP contribution in [-0.2, 0) is 4.74 Å². The smallest absolute Gasteiger partial charge is 0.0593 e. The molecule has 1 rings (SSSR count). The van der Waals surface area contributed by atoms with Gasteiger partial charge in [0, 0.05) is 25.7 Å². The maximum Gasteiger partial charge on any atom is 0.0593 e. The molecule has 0 aromatic heterocycles. The highest BCUT2D eigenvalue weighted by Gasteiger charge is 2.22. The third kappa shape index (κ3) is 3.63. The Hall–Kier alpha value is -0.120. The van der Waals surface area contributed by atoms with E-state index in [1.165, 1.54) is 13.0 Å². The van der Waals surface area contributed by atoms with Crippen LogP contribution in [0.3, 0.4) is 0 Å². The highest BCUT2D eigenvalue weighted by Crippen LogP contribution is 2.14. The second-order valence-electron chi connectivity index (χ2n) is 3.93. The van der Waals surface area contributed by atoms with Crippen molar-refractivity contribution in [3.05, 3.63) is 0 Å². The summed E-state index contributed by atoms with van der Waals surface area (Å²) in [6, 6.07) is 0.357. The maximum atomic E-state index is 5.99. The van der Waals surface area contributed by atoms with E-state index in [2.05, 4.69) is 11.8 Å². The number of rotatable bonds is 4. The Bertz CT molecular complexity index is 141. The lowest BCUT2D eigenvalue weighted by Gasteiger charge is -2.34. The first kappa shape index (κ1) is 11.0. The molecule has 1 saturated heterocycles. The molecule has 0 aromatic rings. The van der Waals surface area contributed by atoms with E-state index in [4.69, 9.17) is 10.5 Å². The van der Waals surface area contributed by atoms with Crippen LogP contribution in [0.1, 0.15) is 20.3 Å². The molecule has 2 atom stereocenters. The fraction of sp³-hybridized carbons (Fsp3) is 1.00. The lowest BCUT2D eigenvalue weighted by Crippen LogP contribution is -2.48. The van der Waals surface area contributed by atoms with Crippen molar-refractivity contribution in [2.45, 2.75) is 26.3 Å². The van der Waals surface area contributed by atoms with Crippen molar-refractivity contribution in [3.63, 3.8) is 0 Å². The number of hydrogen-bond donors (Lipinski definition) is 1. The van der Waals surface area contributed by atoms with Gasteiger partial charge in [0.15, 0.2) is 0 Å². The van der Waals surface area contributed by atoms with Gasteiger partial charge >= 0.3 is 0 Å².